The molecule has 3 aromatic rings. The van der Waals surface area contributed by atoms with Crippen molar-refractivity contribution in [1.29, 1.82) is 0 Å². The van der Waals surface area contributed by atoms with Crippen LogP contribution in [0.3, 0.4) is 0 Å². The first-order valence-electron chi connectivity index (χ1n) is 10.6. The number of hydrogen-bond donors (Lipinski definition) is 2. The Morgan fingerprint density at radius 3 is 2.67 bits per heavy atom. The maximum atomic E-state index is 13.0. The summed E-state index contributed by atoms with van der Waals surface area (Å²) >= 11 is 1.46. The Labute approximate surface area is 194 Å². The van der Waals surface area contributed by atoms with Gasteiger partial charge in [-0.25, -0.2) is 9.97 Å². The molecule has 1 atom stereocenters. The fourth-order valence-electron chi connectivity index (χ4n) is 3.51. The second-order valence-corrected chi connectivity index (χ2v) is 10.3. The van der Waals surface area contributed by atoms with Crippen LogP contribution in [0, 0.1) is 20.8 Å². The molecule has 0 aromatic carbocycles. The van der Waals surface area contributed by atoms with Crippen LogP contribution in [0.1, 0.15) is 55.7 Å². The highest BCUT2D eigenvalue weighted by Gasteiger charge is 2.29. The first kappa shape index (κ1) is 23.0. The van der Waals surface area contributed by atoms with Crippen molar-refractivity contribution in [3.63, 3.8) is 0 Å². The molecule has 1 aliphatic rings. The molecule has 4 rings (SSSR count). The first-order valence-corrected chi connectivity index (χ1v) is 11.6. The van der Waals surface area contributed by atoms with Crippen LogP contribution in [-0.2, 0) is 10.2 Å². The van der Waals surface area contributed by atoms with Crippen LogP contribution in [0.2, 0.25) is 0 Å². The third-order valence-electron chi connectivity index (χ3n) is 5.65. The second kappa shape index (κ2) is 8.29. The number of hydrogen-bond acceptors (Lipinski definition) is 7. The van der Waals surface area contributed by atoms with E-state index in [2.05, 4.69) is 25.4 Å². The summed E-state index contributed by atoms with van der Waals surface area (Å²) in [6.07, 6.45) is 1.67. The zero-order valence-corrected chi connectivity index (χ0v) is 20.3. The van der Waals surface area contributed by atoms with E-state index in [9.17, 15) is 14.4 Å². The molecule has 11 heteroatoms. The summed E-state index contributed by atoms with van der Waals surface area (Å²) in [6.45, 7) is 11.2. The van der Waals surface area contributed by atoms with E-state index < -0.39 is 0 Å². The highest BCUT2D eigenvalue weighted by atomic mass is 32.2. The Balaban J connectivity index is 1.66. The largest absolute Gasteiger partial charge is 0.310 e. The number of nitrogens with one attached hydrogen (secondary N) is 2. The molecular formula is C22H27N7O3S. The zero-order valence-electron chi connectivity index (χ0n) is 19.5. The van der Waals surface area contributed by atoms with Crippen molar-refractivity contribution >= 4 is 23.5 Å². The summed E-state index contributed by atoms with van der Waals surface area (Å²) < 4.78 is 3.04. The summed E-state index contributed by atoms with van der Waals surface area (Å²) in [5, 5.41) is 8.14. The third-order valence-corrected chi connectivity index (χ3v) is 6.76. The molecule has 0 aliphatic carbocycles. The molecule has 3 aromatic heterocycles. The van der Waals surface area contributed by atoms with Gasteiger partial charge in [-0.15, -0.1) is 0 Å². The fourth-order valence-corrected chi connectivity index (χ4v) is 4.61. The van der Waals surface area contributed by atoms with Crippen LogP contribution >= 0.6 is 11.8 Å². The molecule has 0 spiro atoms. The molecule has 174 valence electrons. The molecular weight excluding hydrogens is 442 g/mol. The van der Waals surface area contributed by atoms with Crippen LogP contribution in [-0.4, -0.2) is 41.0 Å². The SMILES string of the molecule is Cc1nc(-n2nc(C(C)(C)C)cc2NC(=O)CC2CSc3ncc(C)c(=O)n32)[nH]c(=O)c1C. The van der Waals surface area contributed by atoms with E-state index >= 15 is 0 Å². The number of aromatic nitrogens is 6. The number of H-pyrrole nitrogens is 1. The lowest BCUT2D eigenvalue weighted by molar-refractivity contribution is -0.116. The van der Waals surface area contributed by atoms with Crippen molar-refractivity contribution in [3.8, 4) is 5.95 Å². The van der Waals surface area contributed by atoms with Gasteiger partial charge in [-0.1, -0.05) is 32.5 Å². The molecule has 1 unspecified atom stereocenters. The maximum absolute atomic E-state index is 13.0. The van der Waals surface area contributed by atoms with Gasteiger partial charge in [-0.2, -0.15) is 9.78 Å². The van der Waals surface area contributed by atoms with Crippen LogP contribution in [0.5, 0.6) is 0 Å². The van der Waals surface area contributed by atoms with Gasteiger partial charge >= 0.3 is 0 Å². The fraction of sp³-hybridized carbons (Fsp3) is 0.455. The predicted octanol–water partition coefficient (Wildman–Crippen LogP) is 2.41. The van der Waals surface area contributed by atoms with E-state index in [1.807, 2.05) is 20.8 Å². The summed E-state index contributed by atoms with van der Waals surface area (Å²) in [5.41, 5.74) is 1.72. The van der Waals surface area contributed by atoms with E-state index in [4.69, 9.17) is 0 Å². The normalized spacial score (nSPS) is 15.5. The summed E-state index contributed by atoms with van der Waals surface area (Å²) in [6, 6.07) is 1.49. The van der Waals surface area contributed by atoms with E-state index in [0.29, 0.717) is 33.5 Å². The molecule has 0 radical (unpaired) electrons. The Morgan fingerprint density at radius 2 is 2.00 bits per heavy atom. The number of rotatable bonds is 4. The van der Waals surface area contributed by atoms with Crippen LogP contribution in [0.15, 0.2) is 27.0 Å². The van der Waals surface area contributed by atoms with Gasteiger partial charge in [-0.05, 0) is 20.8 Å². The molecule has 33 heavy (non-hydrogen) atoms. The molecule has 0 saturated carbocycles. The minimum atomic E-state index is -0.289. The highest BCUT2D eigenvalue weighted by molar-refractivity contribution is 7.99. The average molecular weight is 470 g/mol. The standard InChI is InChI=1S/C22H27N7O3S/c1-11-9-23-21-28(19(11)32)14(10-33-21)7-17(30)25-16-8-15(22(4,5)6)27-29(16)20-24-13(3)12(2)18(31)26-20/h8-9,14H,7,10H2,1-6H3,(H,25,30)(H,24,26,31). The van der Waals surface area contributed by atoms with Gasteiger partial charge in [-0.3, -0.25) is 23.9 Å². The molecule has 2 N–H and O–H groups in total. The van der Waals surface area contributed by atoms with Gasteiger partial charge in [0.15, 0.2) is 5.16 Å². The summed E-state index contributed by atoms with van der Waals surface area (Å²) in [5.74, 6) is 0.954. The molecule has 4 heterocycles. The van der Waals surface area contributed by atoms with Crippen LogP contribution in [0.25, 0.3) is 5.95 Å². The van der Waals surface area contributed by atoms with E-state index in [1.165, 1.54) is 16.4 Å². The lowest BCUT2D eigenvalue weighted by Gasteiger charge is -2.14. The Bertz CT molecular complexity index is 1360. The van der Waals surface area contributed by atoms with Crippen molar-refractivity contribution in [2.45, 2.75) is 64.6 Å². The van der Waals surface area contributed by atoms with Crippen molar-refractivity contribution < 1.29 is 4.79 Å². The monoisotopic (exact) mass is 469 g/mol. The molecule has 0 saturated heterocycles. The number of thioether (sulfide) groups is 1. The summed E-state index contributed by atoms with van der Waals surface area (Å²) in [4.78, 5) is 49.4. The van der Waals surface area contributed by atoms with Gasteiger partial charge < -0.3 is 5.32 Å². The third kappa shape index (κ3) is 4.37. The number of aromatic amines is 1. The number of fused-ring (bicyclic) bond motifs is 1. The number of nitrogens with zero attached hydrogens (tertiary/aromatic N) is 5. The van der Waals surface area contributed by atoms with Gasteiger partial charge in [0.05, 0.1) is 11.7 Å². The minimum Gasteiger partial charge on any atom is -0.310 e. The first-order chi connectivity index (χ1) is 15.5. The Kier molecular flexibility index (Phi) is 5.77. The highest BCUT2D eigenvalue weighted by Crippen LogP contribution is 2.32. The number of anilines is 1. The van der Waals surface area contributed by atoms with E-state index in [0.717, 1.165) is 5.69 Å². The molecule has 0 fully saturated rings. The lowest BCUT2D eigenvalue weighted by Crippen LogP contribution is -2.29. The predicted molar refractivity (Wildman–Crippen MR) is 126 cm³/mol. The van der Waals surface area contributed by atoms with Crippen molar-refractivity contribution in [2.24, 2.45) is 0 Å². The number of amides is 1. The van der Waals surface area contributed by atoms with Crippen molar-refractivity contribution in [1.82, 2.24) is 29.3 Å². The lowest BCUT2D eigenvalue weighted by atomic mass is 9.92. The molecule has 1 amide bonds. The van der Waals surface area contributed by atoms with Crippen molar-refractivity contribution in [3.05, 3.63) is 55.5 Å². The Morgan fingerprint density at radius 1 is 1.27 bits per heavy atom. The van der Waals surface area contributed by atoms with E-state index in [1.54, 1.807) is 37.6 Å². The quantitative estimate of drug-likeness (QED) is 0.562. The second-order valence-electron chi connectivity index (χ2n) is 9.29. The van der Waals surface area contributed by atoms with Gasteiger partial charge in [0, 0.05) is 46.7 Å². The minimum absolute atomic E-state index is 0.109. The number of carbonyl (C=O) groups excluding carboxylic acids is 1. The zero-order chi connectivity index (χ0) is 24.1. The molecule has 1 aliphatic heterocycles. The number of carbonyl (C=O) groups is 1. The van der Waals surface area contributed by atoms with E-state index in [-0.39, 0.29) is 40.9 Å². The molecule has 0 bridgehead atoms. The molecule has 10 nitrogen and oxygen atoms in total. The maximum Gasteiger partial charge on any atom is 0.257 e. The Hall–Kier alpha value is -3.21. The van der Waals surface area contributed by atoms with Crippen LogP contribution < -0.4 is 16.4 Å². The van der Waals surface area contributed by atoms with Gasteiger partial charge in [0.25, 0.3) is 11.1 Å². The summed E-state index contributed by atoms with van der Waals surface area (Å²) in [7, 11) is 0. The number of aryl methyl sites for hydroxylation is 2. The van der Waals surface area contributed by atoms with Gasteiger partial charge in [0.1, 0.15) is 5.82 Å². The topological polar surface area (TPSA) is 128 Å². The smallest absolute Gasteiger partial charge is 0.257 e. The average Bonchev–Trinajstić information content (AvgIpc) is 3.33. The van der Waals surface area contributed by atoms with Crippen molar-refractivity contribution in [2.75, 3.05) is 11.1 Å². The van der Waals surface area contributed by atoms with Gasteiger partial charge in [0.2, 0.25) is 11.9 Å². The van der Waals surface area contributed by atoms with Crippen LogP contribution in [0.4, 0.5) is 5.82 Å².